The van der Waals surface area contributed by atoms with E-state index in [2.05, 4.69) is 20.6 Å². The van der Waals surface area contributed by atoms with Gasteiger partial charge in [0.2, 0.25) is 5.91 Å². The number of amides is 2. The number of hydrogen-bond donors (Lipinski definition) is 4. The Labute approximate surface area is 186 Å². The first-order valence-electron chi connectivity index (χ1n) is 10.1. The summed E-state index contributed by atoms with van der Waals surface area (Å²) < 4.78 is 0. The number of carbonyl (C=O) groups is 2. The Balaban J connectivity index is 1.67. The SMILES string of the molecule is NC(CCl)=NCCC[C@H](NC(=O)c1c[nH]c2ccccc12)C(=O)NCc1ccccc1. The van der Waals surface area contributed by atoms with E-state index in [9.17, 15) is 9.59 Å². The molecule has 31 heavy (non-hydrogen) atoms. The molecular formula is C23H26ClN5O2. The predicted molar refractivity (Wildman–Crippen MR) is 124 cm³/mol. The summed E-state index contributed by atoms with van der Waals surface area (Å²) in [6.45, 7) is 0.820. The highest BCUT2D eigenvalue weighted by molar-refractivity contribution is 6.27. The number of halogens is 1. The average Bonchev–Trinajstić information content (AvgIpc) is 3.24. The normalized spacial score (nSPS) is 12.5. The largest absolute Gasteiger partial charge is 0.386 e. The Kier molecular flexibility index (Phi) is 8.06. The van der Waals surface area contributed by atoms with Gasteiger partial charge in [0.1, 0.15) is 11.9 Å². The molecule has 0 bridgehead atoms. The Morgan fingerprint density at radius 2 is 1.84 bits per heavy atom. The van der Waals surface area contributed by atoms with Crippen LogP contribution in [0.4, 0.5) is 0 Å². The van der Waals surface area contributed by atoms with Gasteiger partial charge in [0.05, 0.1) is 11.4 Å². The third-order valence-corrected chi connectivity index (χ3v) is 5.14. The van der Waals surface area contributed by atoms with Gasteiger partial charge in [-0.3, -0.25) is 14.6 Å². The number of carbonyl (C=O) groups excluding carboxylic acids is 2. The number of alkyl halides is 1. The van der Waals surface area contributed by atoms with Crippen LogP contribution in [0.2, 0.25) is 0 Å². The summed E-state index contributed by atoms with van der Waals surface area (Å²) in [5.74, 6) is -0.0276. The second-order valence-corrected chi connectivity index (χ2v) is 7.39. The second kappa shape index (κ2) is 11.2. The lowest BCUT2D eigenvalue weighted by Crippen LogP contribution is -2.46. The lowest BCUT2D eigenvalue weighted by Gasteiger charge is -2.18. The van der Waals surface area contributed by atoms with Gasteiger partial charge in [-0.25, -0.2) is 0 Å². The van der Waals surface area contributed by atoms with Crippen LogP contribution < -0.4 is 16.4 Å². The Bertz CT molecular complexity index is 1050. The molecule has 0 saturated heterocycles. The monoisotopic (exact) mass is 439 g/mol. The summed E-state index contributed by atoms with van der Waals surface area (Å²) >= 11 is 5.64. The van der Waals surface area contributed by atoms with Gasteiger partial charge in [-0.15, -0.1) is 11.6 Å². The van der Waals surface area contributed by atoms with Crippen LogP contribution in [0.25, 0.3) is 10.9 Å². The van der Waals surface area contributed by atoms with Gasteiger partial charge in [0.15, 0.2) is 0 Å². The molecular weight excluding hydrogens is 414 g/mol. The van der Waals surface area contributed by atoms with Crippen molar-refractivity contribution in [3.8, 4) is 0 Å². The smallest absolute Gasteiger partial charge is 0.254 e. The van der Waals surface area contributed by atoms with E-state index in [0.717, 1.165) is 16.5 Å². The number of fused-ring (bicyclic) bond motifs is 1. The standard InChI is InChI=1S/C23H26ClN5O2/c24-13-21(25)26-12-6-11-20(23(31)28-14-16-7-2-1-3-8-16)29-22(30)18-15-27-19-10-5-4-9-17(18)19/h1-5,7-10,15,20,27H,6,11-14H2,(H2,25,26)(H,28,31)(H,29,30)/t20-/m0/s1. The van der Waals surface area contributed by atoms with Gasteiger partial charge in [0.25, 0.3) is 5.91 Å². The lowest BCUT2D eigenvalue weighted by molar-refractivity contribution is -0.123. The van der Waals surface area contributed by atoms with Crippen molar-refractivity contribution in [1.82, 2.24) is 15.6 Å². The maximum atomic E-state index is 12.9. The highest BCUT2D eigenvalue weighted by Gasteiger charge is 2.22. The van der Waals surface area contributed by atoms with Crippen LogP contribution in [-0.2, 0) is 11.3 Å². The quantitative estimate of drug-likeness (QED) is 0.168. The van der Waals surface area contributed by atoms with Crippen molar-refractivity contribution >= 4 is 40.2 Å². The van der Waals surface area contributed by atoms with E-state index in [-0.39, 0.29) is 17.7 Å². The van der Waals surface area contributed by atoms with Gasteiger partial charge in [0, 0.05) is 30.2 Å². The van der Waals surface area contributed by atoms with E-state index >= 15 is 0 Å². The van der Waals surface area contributed by atoms with E-state index in [1.165, 1.54) is 0 Å². The predicted octanol–water partition coefficient (Wildman–Crippen LogP) is 2.96. The molecule has 162 valence electrons. The number of nitrogens with two attached hydrogens (primary N) is 1. The molecule has 3 aromatic rings. The fourth-order valence-corrected chi connectivity index (χ4v) is 3.32. The first-order valence-corrected chi connectivity index (χ1v) is 10.7. The Morgan fingerprint density at radius 1 is 1.10 bits per heavy atom. The maximum Gasteiger partial charge on any atom is 0.254 e. The number of aromatic amines is 1. The number of nitrogens with one attached hydrogen (secondary N) is 3. The minimum Gasteiger partial charge on any atom is -0.386 e. The first kappa shape index (κ1) is 22.4. The number of H-pyrrole nitrogens is 1. The number of nitrogens with zero attached hydrogens (tertiary/aromatic N) is 1. The molecule has 2 amide bonds. The third-order valence-electron chi connectivity index (χ3n) is 4.87. The maximum absolute atomic E-state index is 12.9. The van der Waals surface area contributed by atoms with Gasteiger partial charge < -0.3 is 21.4 Å². The van der Waals surface area contributed by atoms with Gasteiger partial charge in [-0.1, -0.05) is 48.5 Å². The van der Waals surface area contributed by atoms with Crippen LogP contribution >= 0.6 is 11.6 Å². The molecule has 0 spiro atoms. The third kappa shape index (κ3) is 6.33. The highest BCUT2D eigenvalue weighted by atomic mass is 35.5. The summed E-state index contributed by atoms with van der Waals surface area (Å²) in [7, 11) is 0. The summed E-state index contributed by atoms with van der Waals surface area (Å²) in [5.41, 5.74) is 7.97. The zero-order valence-electron chi connectivity index (χ0n) is 17.1. The molecule has 7 nitrogen and oxygen atoms in total. The van der Waals surface area contributed by atoms with Crippen molar-refractivity contribution in [2.24, 2.45) is 10.7 Å². The number of benzene rings is 2. The number of para-hydroxylation sites is 1. The van der Waals surface area contributed by atoms with Crippen molar-refractivity contribution in [2.75, 3.05) is 12.4 Å². The molecule has 0 aliphatic carbocycles. The summed E-state index contributed by atoms with van der Waals surface area (Å²) in [6, 6.07) is 16.5. The van der Waals surface area contributed by atoms with Crippen LogP contribution in [0, 0.1) is 0 Å². The number of rotatable bonds is 10. The topological polar surface area (TPSA) is 112 Å². The molecule has 2 aromatic carbocycles. The molecule has 5 N–H and O–H groups in total. The summed E-state index contributed by atoms with van der Waals surface area (Å²) in [5, 5.41) is 6.59. The second-order valence-electron chi connectivity index (χ2n) is 7.13. The minimum absolute atomic E-state index is 0.165. The molecule has 1 heterocycles. The molecule has 0 aliphatic heterocycles. The van der Waals surface area contributed by atoms with Crippen molar-refractivity contribution in [1.29, 1.82) is 0 Å². The van der Waals surface area contributed by atoms with Crippen LogP contribution in [0.15, 0.2) is 65.8 Å². The number of aromatic nitrogens is 1. The van der Waals surface area contributed by atoms with Gasteiger partial charge >= 0.3 is 0 Å². The van der Waals surface area contributed by atoms with Crippen molar-refractivity contribution in [3.05, 3.63) is 71.9 Å². The molecule has 0 radical (unpaired) electrons. The van der Waals surface area contributed by atoms with E-state index in [4.69, 9.17) is 17.3 Å². The zero-order chi connectivity index (χ0) is 22.1. The molecule has 1 atom stereocenters. The first-order chi connectivity index (χ1) is 15.1. The van der Waals surface area contributed by atoms with E-state index < -0.39 is 6.04 Å². The molecule has 3 rings (SSSR count). The van der Waals surface area contributed by atoms with E-state index in [1.54, 1.807) is 6.20 Å². The zero-order valence-corrected chi connectivity index (χ0v) is 17.9. The highest BCUT2D eigenvalue weighted by Crippen LogP contribution is 2.18. The average molecular weight is 440 g/mol. The number of aliphatic imine (C=N–C) groups is 1. The lowest BCUT2D eigenvalue weighted by atomic mass is 10.1. The van der Waals surface area contributed by atoms with Crippen LogP contribution in [0.5, 0.6) is 0 Å². The number of hydrogen-bond acceptors (Lipinski definition) is 3. The Hall–Kier alpha value is -3.32. The van der Waals surface area contributed by atoms with Crippen LogP contribution in [-0.4, -0.2) is 41.1 Å². The molecule has 1 aromatic heterocycles. The molecule has 0 fully saturated rings. The number of amidine groups is 1. The van der Waals surface area contributed by atoms with Crippen LogP contribution in [0.1, 0.15) is 28.8 Å². The fourth-order valence-electron chi connectivity index (χ4n) is 3.23. The van der Waals surface area contributed by atoms with E-state index in [0.29, 0.717) is 37.3 Å². The van der Waals surface area contributed by atoms with Crippen LogP contribution in [0.3, 0.4) is 0 Å². The molecule has 0 saturated carbocycles. The fraction of sp³-hybridized carbons (Fsp3) is 0.261. The Morgan fingerprint density at radius 3 is 2.61 bits per heavy atom. The van der Waals surface area contributed by atoms with Crippen molar-refractivity contribution in [3.63, 3.8) is 0 Å². The molecule has 0 aliphatic rings. The van der Waals surface area contributed by atoms with Crippen molar-refractivity contribution in [2.45, 2.75) is 25.4 Å². The minimum atomic E-state index is -0.697. The van der Waals surface area contributed by atoms with E-state index in [1.807, 2.05) is 54.6 Å². The summed E-state index contributed by atoms with van der Waals surface area (Å²) in [6.07, 6.45) is 2.66. The van der Waals surface area contributed by atoms with Crippen molar-refractivity contribution < 1.29 is 9.59 Å². The summed E-state index contributed by atoms with van der Waals surface area (Å²) in [4.78, 5) is 33.0. The molecule has 8 heteroatoms. The molecule has 0 unspecified atom stereocenters. The van der Waals surface area contributed by atoms with Gasteiger partial charge in [-0.2, -0.15) is 0 Å². The van der Waals surface area contributed by atoms with Gasteiger partial charge in [-0.05, 0) is 24.5 Å².